The first-order valence-electron chi connectivity index (χ1n) is 9.83. The van der Waals surface area contributed by atoms with Crippen LogP contribution >= 0.6 is 0 Å². The van der Waals surface area contributed by atoms with Gasteiger partial charge in [-0.2, -0.15) is 0 Å². The first-order valence-corrected chi connectivity index (χ1v) is 9.83. The zero-order valence-corrected chi connectivity index (χ0v) is 17.2. The quantitative estimate of drug-likeness (QED) is 0.616. The van der Waals surface area contributed by atoms with E-state index in [0.717, 1.165) is 30.0 Å². The van der Waals surface area contributed by atoms with E-state index < -0.39 is 11.6 Å². The highest BCUT2D eigenvalue weighted by atomic mass is 19.1. The SMILES string of the molecule is CCNC(=NCc1ccnc(N(C)C)c1)N1CCN(c2cc(F)ccc2F)CC1. The Balaban J connectivity index is 1.66. The highest BCUT2D eigenvalue weighted by Crippen LogP contribution is 2.22. The second kappa shape index (κ2) is 9.54. The molecule has 1 aromatic heterocycles. The van der Waals surface area contributed by atoms with Gasteiger partial charge in [0.25, 0.3) is 0 Å². The minimum atomic E-state index is -0.423. The van der Waals surface area contributed by atoms with Gasteiger partial charge in [-0.1, -0.05) is 0 Å². The molecule has 0 amide bonds. The summed E-state index contributed by atoms with van der Waals surface area (Å²) in [5.41, 5.74) is 1.40. The Morgan fingerprint density at radius 2 is 1.90 bits per heavy atom. The molecule has 1 fully saturated rings. The molecule has 0 radical (unpaired) electrons. The number of hydrogen-bond donors (Lipinski definition) is 1. The van der Waals surface area contributed by atoms with E-state index in [0.29, 0.717) is 38.4 Å². The Morgan fingerprint density at radius 3 is 2.59 bits per heavy atom. The molecule has 29 heavy (non-hydrogen) atoms. The molecular formula is C21H28F2N6. The summed E-state index contributed by atoms with van der Waals surface area (Å²) >= 11 is 0. The molecule has 8 heteroatoms. The molecule has 1 aromatic carbocycles. The number of nitrogens with one attached hydrogen (secondary N) is 1. The molecule has 6 nitrogen and oxygen atoms in total. The van der Waals surface area contributed by atoms with Crippen molar-refractivity contribution in [3.8, 4) is 0 Å². The smallest absolute Gasteiger partial charge is 0.194 e. The van der Waals surface area contributed by atoms with Crippen LogP contribution in [-0.4, -0.2) is 62.7 Å². The number of pyridine rings is 1. The molecule has 0 atom stereocenters. The Labute approximate surface area is 170 Å². The number of aromatic nitrogens is 1. The van der Waals surface area contributed by atoms with E-state index in [1.54, 1.807) is 6.20 Å². The number of piperazine rings is 1. The molecule has 1 N–H and O–H groups in total. The zero-order chi connectivity index (χ0) is 20.8. The van der Waals surface area contributed by atoms with Crippen LogP contribution in [-0.2, 0) is 6.54 Å². The van der Waals surface area contributed by atoms with Crippen LogP contribution in [0.15, 0.2) is 41.5 Å². The summed E-state index contributed by atoms with van der Waals surface area (Å²) in [5.74, 6) is 0.909. The van der Waals surface area contributed by atoms with E-state index in [9.17, 15) is 8.78 Å². The normalized spacial score (nSPS) is 14.9. The van der Waals surface area contributed by atoms with Crippen LogP contribution in [0.4, 0.5) is 20.3 Å². The third-order valence-corrected chi connectivity index (χ3v) is 4.84. The maximum atomic E-state index is 14.1. The number of aliphatic imine (C=N–C) groups is 1. The van der Waals surface area contributed by atoms with Gasteiger partial charge in [0, 0.05) is 59.1 Å². The molecule has 3 rings (SSSR count). The van der Waals surface area contributed by atoms with Crippen LogP contribution in [0.1, 0.15) is 12.5 Å². The third-order valence-electron chi connectivity index (χ3n) is 4.84. The minimum absolute atomic E-state index is 0.319. The van der Waals surface area contributed by atoms with E-state index in [2.05, 4.69) is 15.2 Å². The first-order chi connectivity index (χ1) is 14.0. The average molecular weight is 402 g/mol. The van der Waals surface area contributed by atoms with Crippen molar-refractivity contribution in [3.63, 3.8) is 0 Å². The molecule has 0 saturated carbocycles. The predicted octanol–water partition coefficient (Wildman–Crippen LogP) is 2.71. The first kappa shape index (κ1) is 20.8. The fourth-order valence-electron chi connectivity index (χ4n) is 3.28. The van der Waals surface area contributed by atoms with Gasteiger partial charge in [-0.25, -0.2) is 18.8 Å². The van der Waals surface area contributed by atoms with Crippen molar-refractivity contribution in [1.82, 2.24) is 15.2 Å². The Kier molecular flexibility index (Phi) is 6.85. The lowest BCUT2D eigenvalue weighted by atomic mass is 10.2. The fraction of sp³-hybridized carbons (Fsp3) is 0.429. The topological polar surface area (TPSA) is 47.0 Å². The number of nitrogens with zero attached hydrogens (tertiary/aromatic N) is 5. The van der Waals surface area contributed by atoms with Gasteiger partial charge in [-0.3, -0.25) is 0 Å². The number of guanidine groups is 1. The third kappa shape index (κ3) is 5.34. The summed E-state index contributed by atoms with van der Waals surface area (Å²) in [6, 6.07) is 7.57. The van der Waals surface area contributed by atoms with E-state index in [-0.39, 0.29) is 0 Å². The van der Waals surface area contributed by atoms with Crippen LogP contribution < -0.4 is 15.1 Å². The van der Waals surface area contributed by atoms with Gasteiger partial charge in [0.1, 0.15) is 17.5 Å². The summed E-state index contributed by atoms with van der Waals surface area (Å²) in [7, 11) is 3.92. The number of benzene rings is 1. The Hall–Kier alpha value is -2.90. The van der Waals surface area contributed by atoms with Gasteiger partial charge in [0.05, 0.1) is 12.2 Å². The lowest BCUT2D eigenvalue weighted by Gasteiger charge is -2.37. The molecule has 1 aliphatic rings. The maximum absolute atomic E-state index is 14.1. The number of hydrogen-bond acceptors (Lipinski definition) is 4. The monoisotopic (exact) mass is 402 g/mol. The van der Waals surface area contributed by atoms with Crippen LogP contribution in [0.5, 0.6) is 0 Å². The van der Waals surface area contributed by atoms with Crippen LogP contribution in [0.3, 0.4) is 0 Å². The fourth-order valence-corrected chi connectivity index (χ4v) is 3.28. The standard InChI is InChI=1S/C21H28F2N6/c1-4-24-21(26-15-16-7-8-25-20(13-16)27(2)3)29-11-9-28(10-12-29)19-14-17(22)5-6-18(19)23/h5-8,13-14H,4,9-12,15H2,1-3H3,(H,24,26). The van der Waals surface area contributed by atoms with Gasteiger partial charge in [0.15, 0.2) is 5.96 Å². The van der Waals surface area contributed by atoms with Crippen molar-refractivity contribution in [2.45, 2.75) is 13.5 Å². The second-order valence-electron chi connectivity index (χ2n) is 7.16. The van der Waals surface area contributed by atoms with Gasteiger partial charge in [-0.15, -0.1) is 0 Å². The summed E-state index contributed by atoms with van der Waals surface area (Å²) in [6.07, 6.45) is 1.79. The molecular weight excluding hydrogens is 374 g/mol. The summed E-state index contributed by atoms with van der Waals surface area (Å²) in [5, 5.41) is 3.33. The van der Waals surface area contributed by atoms with E-state index in [4.69, 9.17) is 4.99 Å². The number of halogens is 2. The van der Waals surface area contributed by atoms with E-state index in [1.165, 1.54) is 12.1 Å². The number of rotatable bonds is 5. The Bertz CT molecular complexity index is 847. The molecule has 0 bridgehead atoms. The molecule has 156 valence electrons. The largest absolute Gasteiger partial charge is 0.366 e. The zero-order valence-electron chi connectivity index (χ0n) is 17.2. The molecule has 1 saturated heterocycles. The Morgan fingerprint density at radius 1 is 1.14 bits per heavy atom. The molecule has 1 aliphatic heterocycles. The number of anilines is 2. The van der Waals surface area contributed by atoms with Crippen molar-refractivity contribution in [3.05, 3.63) is 53.7 Å². The van der Waals surface area contributed by atoms with Gasteiger partial charge < -0.3 is 20.0 Å². The minimum Gasteiger partial charge on any atom is -0.366 e. The van der Waals surface area contributed by atoms with Crippen LogP contribution in [0.25, 0.3) is 0 Å². The lowest BCUT2D eigenvalue weighted by Crippen LogP contribution is -2.52. The van der Waals surface area contributed by atoms with Crippen molar-refractivity contribution >= 4 is 17.5 Å². The maximum Gasteiger partial charge on any atom is 0.194 e. The summed E-state index contributed by atoms with van der Waals surface area (Å²) in [6.45, 7) is 5.91. The van der Waals surface area contributed by atoms with E-state index in [1.807, 2.05) is 43.0 Å². The predicted molar refractivity (Wildman–Crippen MR) is 114 cm³/mol. The molecule has 0 aliphatic carbocycles. The molecule has 2 heterocycles. The molecule has 2 aromatic rings. The van der Waals surface area contributed by atoms with Crippen molar-refractivity contribution in [2.75, 3.05) is 56.6 Å². The summed E-state index contributed by atoms with van der Waals surface area (Å²) in [4.78, 5) is 15.1. The highest BCUT2D eigenvalue weighted by Gasteiger charge is 2.22. The van der Waals surface area contributed by atoms with Crippen LogP contribution in [0, 0.1) is 11.6 Å². The highest BCUT2D eigenvalue weighted by molar-refractivity contribution is 5.80. The van der Waals surface area contributed by atoms with Gasteiger partial charge in [0.2, 0.25) is 0 Å². The van der Waals surface area contributed by atoms with E-state index >= 15 is 0 Å². The lowest BCUT2D eigenvalue weighted by molar-refractivity contribution is 0.370. The van der Waals surface area contributed by atoms with Crippen LogP contribution in [0.2, 0.25) is 0 Å². The summed E-state index contributed by atoms with van der Waals surface area (Å²) < 4.78 is 27.6. The van der Waals surface area contributed by atoms with Crippen molar-refractivity contribution in [2.24, 2.45) is 4.99 Å². The second-order valence-corrected chi connectivity index (χ2v) is 7.16. The van der Waals surface area contributed by atoms with Gasteiger partial charge in [-0.05, 0) is 36.8 Å². The van der Waals surface area contributed by atoms with Gasteiger partial charge >= 0.3 is 0 Å². The molecule has 0 spiro atoms. The average Bonchev–Trinajstić information content (AvgIpc) is 2.73. The molecule has 0 unspecified atom stereocenters. The van der Waals surface area contributed by atoms with Crippen molar-refractivity contribution in [1.29, 1.82) is 0 Å². The van der Waals surface area contributed by atoms with Crippen molar-refractivity contribution < 1.29 is 8.78 Å².